The van der Waals surface area contributed by atoms with Gasteiger partial charge in [-0.15, -0.1) is 0 Å². The lowest BCUT2D eigenvalue weighted by Crippen LogP contribution is -2.29. The molecular formula is C15H18N2O4. The van der Waals surface area contributed by atoms with E-state index in [4.69, 9.17) is 14.2 Å². The van der Waals surface area contributed by atoms with Gasteiger partial charge in [0.05, 0.1) is 12.6 Å². The number of benzene rings is 1. The fourth-order valence-corrected chi connectivity index (χ4v) is 2.00. The number of fused-ring (bicyclic) bond motifs is 1. The molecule has 112 valence electrons. The maximum atomic E-state index is 9.65. The quantitative estimate of drug-likeness (QED) is 0.858. The number of aliphatic imine (C=N–C) groups is 1. The number of nitrogens with zero attached hydrogens (tertiary/aromatic N) is 1. The van der Waals surface area contributed by atoms with E-state index < -0.39 is 6.10 Å². The third-order valence-corrected chi connectivity index (χ3v) is 3.22. The predicted octanol–water partition coefficient (Wildman–Crippen LogP) is 1.42. The molecule has 0 aromatic heterocycles. The third kappa shape index (κ3) is 2.95. The largest absolute Gasteiger partial charge is 0.460 e. The minimum absolute atomic E-state index is 0.147. The molecule has 1 atom stereocenters. The van der Waals surface area contributed by atoms with Crippen LogP contribution in [-0.4, -0.2) is 36.7 Å². The molecule has 6 heteroatoms. The maximum Gasteiger partial charge on any atom is 0.333 e. The Morgan fingerprint density at radius 1 is 1.33 bits per heavy atom. The number of rotatable bonds is 5. The van der Waals surface area contributed by atoms with Gasteiger partial charge in [-0.05, 0) is 18.6 Å². The second-order valence-corrected chi connectivity index (χ2v) is 4.80. The Morgan fingerprint density at radius 3 is 2.76 bits per heavy atom. The van der Waals surface area contributed by atoms with E-state index in [1.54, 1.807) is 6.07 Å². The van der Waals surface area contributed by atoms with Crippen molar-refractivity contribution in [3.05, 3.63) is 36.0 Å². The number of nitrogens with one attached hydrogen (secondary N) is 1. The van der Waals surface area contributed by atoms with Crippen molar-refractivity contribution in [2.75, 3.05) is 19.7 Å². The predicted molar refractivity (Wildman–Crippen MR) is 77.3 cm³/mol. The number of ether oxygens (including phenoxy) is 3. The summed E-state index contributed by atoms with van der Waals surface area (Å²) in [6.45, 7) is 3.48. The molecule has 0 fully saturated rings. The van der Waals surface area contributed by atoms with Gasteiger partial charge >= 0.3 is 5.95 Å². The molecule has 6 nitrogen and oxygen atoms in total. The molecule has 0 aliphatic carbocycles. The molecule has 2 aliphatic rings. The smallest absolute Gasteiger partial charge is 0.333 e. The van der Waals surface area contributed by atoms with E-state index in [1.807, 2.05) is 25.1 Å². The average molecular weight is 290 g/mol. The normalized spacial score (nSPS) is 18.1. The van der Waals surface area contributed by atoms with Gasteiger partial charge in [0.1, 0.15) is 6.61 Å². The molecule has 2 N–H and O–H groups in total. The first-order valence-corrected chi connectivity index (χ1v) is 7.06. The molecule has 0 bridgehead atoms. The van der Waals surface area contributed by atoms with E-state index in [9.17, 15) is 5.11 Å². The van der Waals surface area contributed by atoms with E-state index in [1.165, 1.54) is 0 Å². The molecule has 0 amide bonds. The summed E-state index contributed by atoms with van der Waals surface area (Å²) in [7, 11) is 0. The van der Waals surface area contributed by atoms with Crippen LogP contribution in [0.2, 0.25) is 0 Å². The summed E-state index contributed by atoms with van der Waals surface area (Å²) >= 11 is 0. The van der Waals surface area contributed by atoms with Crippen LogP contribution in [-0.2, 0) is 4.74 Å². The topological polar surface area (TPSA) is 72.3 Å². The van der Waals surface area contributed by atoms with Crippen LogP contribution in [0.3, 0.4) is 0 Å². The lowest BCUT2D eigenvalue weighted by molar-refractivity contribution is 0.0182. The van der Waals surface area contributed by atoms with Gasteiger partial charge in [0.15, 0.2) is 17.3 Å². The Kier molecular flexibility index (Phi) is 3.96. The SMILES string of the molecule is CCC(O)COC1=C(C2=NCCN2)Oc2ccccc2O1. The Hall–Kier alpha value is -2.21. The van der Waals surface area contributed by atoms with Gasteiger partial charge in [-0.25, -0.2) is 0 Å². The van der Waals surface area contributed by atoms with Crippen molar-refractivity contribution in [3.63, 3.8) is 0 Å². The Morgan fingerprint density at radius 2 is 2.10 bits per heavy atom. The average Bonchev–Trinajstić information content (AvgIpc) is 3.05. The molecule has 1 aromatic carbocycles. The van der Waals surface area contributed by atoms with Crippen molar-refractivity contribution < 1.29 is 19.3 Å². The van der Waals surface area contributed by atoms with Gasteiger partial charge in [0.25, 0.3) is 0 Å². The highest BCUT2D eigenvalue weighted by Gasteiger charge is 2.28. The molecule has 2 heterocycles. The number of hydrogen-bond donors (Lipinski definition) is 2. The van der Waals surface area contributed by atoms with E-state index in [0.29, 0.717) is 36.1 Å². The first-order valence-electron chi connectivity index (χ1n) is 7.06. The molecule has 1 aromatic rings. The van der Waals surface area contributed by atoms with E-state index in [0.717, 1.165) is 6.54 Å². The Labute approximate surface area is 123 Å². The second kappa shape index (κ2) is 6.05. The Bertz CT molecular complexity index is 583. The van der Waals surface area contributed by atoms with Gasteiger partial charge in [-0.1, -0.05) is 19.1 Å². The number of aliphatic hydroxyl groups is 1. The fraction of sp³-hybridized carbons (Fsp3) is 0.400. The highest BCUT2D eigenvalue weighted by Crippen LogP contribution is 2.35. The lowest BCUT2D eigenvalue weighted by Gasteiger charge is -2.23. The van der Waals surface area contributed by atoms with Crippen LogP contribution in [0, 0.1) is 0 Å². The molecule has 0 saturated heterocycles. The summed E-state index contributed by atoms with van der Waals surface area (Å²) in [6.07, 6.45) is 0.0668. The Balaban J connectivity index is 1.85. The van der Waals surface area contributed by atoms with Crippen molar-refractivity contribution in [2.24, 2.45) is 4.99 Å². The number of aliphatic hydroxyl groups excluding tert-OH is 1. The number of amidine groups is 1. The van der Waals surface area contributed by atoms with Crippen molar-refractivity contribution in [2.45, 2.75) is 19.4 Å². The molecule has 3 rings (SSSR count). The molecule has 21 heavy (non-hydrogen) atoms. The van der Waals surface area contributed by atoms with Crippen molar-refractivity contribution in [1.82, 2.24) is 5.32 Å². The van der Waals surface area contributed by atoms with Crippen LogP contribution in [0.25, 0.3) is 0 Å². The minimum atomic E-state index is -0.544. The highest BCUT2D eigenvalue weighted by atomic mass is 16.7. The van der Waals surface area contributed by atoms with Crippen LogP contribution in [0.5, 0.6) is 11.5 Å². The molecule has 0 spiro atoms. The molecule has 0 saturated carbocycles. The van der Waals surface area contributed by atoms with E-state index >= 15 is 0 Å². The molecule has 2 aliphatic heterocycles. The maximum absolute atomic E-state index is 9.65. The number of hydrogen-bond acceptors (Lipinski definition) is 6. The van der Waals surface area contributed by atoms with Crippen molar-refractivity contribution in [1.29, 1.82) is 0 Å². The summed E-state index contributed by atoms with van der Waals surface area (Å²) in [5.41, 5.74) is 0. The lowest BCUT2D eigenvalue weighted by atomic mass is 10.3. The summed E-state index contributed by atoms with van der Waals surface area (Å²) in [6, 6.07) is 7.35. The van der Waals surface area contributed by atoms with E-state index in [2.05, 4.69) is 10.3 Å². The standard InChI is InChI=1S/C15H18N2O4/c1-2-10(18)9-19-15-13(14-16-7-8-17-14)20-11-5-3-4-6-12(11)21-15/h3-6,10,18H,2,7-9H2,1H3,(H,16,17). The van der Waals surface area contributed by atoms with Gasteiger partial charge in [0, 0.05) is 6.54 Å². The van der Waals surface area contributed by atoms with Crippen LogP contribution in [0.4, 0.5) is 0 Å². The van der Waals surface area contributed by atoms with Crippen molar-refractivity contribution in [3.8, 4) is 11.5 Å². The van der Waals surface area contributed by atoms with Crippen LogP contribution < -0.4 is 14.8 Å². The fourth-order valence-electron chi connectivity index (χ4n) is 2.00. The molecule has 0 radical (unpaired) electrons. The molecular weight excluding hydrogens is 272 g/mol. The van der Waals surface area contributed by atoms with Crippen LogP contribution >= 0.6 is 0 Å². The van der Waals surface area contributed by atoms with Gasteiger partial charge in [-0.2, -0.15) is 0 Å². The van der Waals surface area contributed by atoms with Crippen molar-refractivity contribution >= 4 is 5.84 Å². The third-order valence-electron chi connectivity index (χ3n) is 3.22. The zero-order chi connectivity index (χ0) is 14.7. The van der Waals surface area contributed by atoms with Gasteiger partial charge < -0.3 is 24.6 Å². The minimum Gasteiger partial charge on any atom is -0.460 e. The summed E-state index contributed by atoms with van der Waals surface area (Å²) in [5, 5.41) is 12.8. The summed E-state index contributed by atoms with van der Waals surface area (Å²) in [4.78, 5) is 4.33. The van der Waals surface area contributed by atoms with Gasteiger partial charge in [0.2, 0.25) is 5.76 Å². The molecule has 1 unspecified atom stereocenters. The van der Waals surface area contributed by atoms with Crippen LogP contribution in [0.15, 0.2) is 41.0 Å². The second-order valence-electron chi connectivity index (χ2n) is 4.80. The zero-order valence-electron chi connectivity index (χ0n) is 11.8. The van der Waals surface area contributed by atoms with E-state index in [-0.39, 0.29) is 12.6 Å². The number of para-hydroxylation sites is 2. The summed E-state index contributed by atoms with van der Waals surface area (Å²) < 4.78 is 17.2. The first-order chi connectivity index (χ1) is 10.3. The zero-order valence-corrected chi connectivity index (χ0v) is 11.8. The monoisotopic (exact) mass is 290 g/mol. The van der Waals surface area contributed by atoms with Crippen LogP contribution in [0.1, 0.15) is 13.3 Å². The first kappa shape index (κ1) is 13.8. The summed E-state index contributed by atoms with van der Waals surface area (Å²) in [5.74, 6) is 2.47. The highest BCUT2D eigenvalue weighted by molar-refractivity contribution is 5.98. The van der Waals surface area contributed by atoms with Gasteiger partial charge in [-0.3, -0.25) is 4.99 Å².